The number of methoxy groups -OCH3 is 1. The second-order valence-corrected chi connectivity index (χ2v) is 8.01. The van der Waals surface area contributed by atoms with E-state index in [9.17, 15) is 19.5 Å². The van der Waals surface area contributed by atoms with E-state index < -0.39 is 23.3 Å². The largest absolute Gasteiger partial charge is 0.497 e. The smallest absolute Gasteiger partial charge is 0.408 e. The van der Waals surface area contributed by atoms with Crippen LogP contribution in [0.4, 0.5) is 9.59 Å². The van der Waals surface area contributed by atoms with Crippen molar-refractivity contribution < 1.29 is 29.0 Å². The van der Waals surface area contributed by atoms with Crippen molar-refractivity contribution in [1.29, 1.82) is 0 Å². The number of nitrogens with one attached hydrogen (secondary N) is 2. The lowest BCUT2D eigenvalue weighted by Gasteiger charge is -2.40. The van der Waals surface area contributed by atoms with Gasteiger partial charge in [0.2, 0.25) is 5.91 Å². The van der Waals surface area contributed by atoms with Gasteiger partial charge < -0.3 is 30.1 Å². The number of ether oxygens (including phenoxy) is 2. The number of hydrogen-bond acceptors (Lipinski definition) is 5. The van der Waals surface area contributed by atoms with Crippen molar-refractivity contribution in [3.05, 3.63) is 29.8 Å². The van der Waals surface area contributed by atoms with E-state index in [0.717, 1.165) is 5.56 Å². The number of amides is 3. The fourth-order valence-electron chi connectivity index (χ4n) is 3.08. The summed E-state index contributed by atoms with van der Waals surface area (Å²) < 4.78 is 10.4. The molecule has 0 bridgehead atoms. The van der Waals surface area contributed by atoms with Gasteiger partial charge in [0.25, 0.3) is 0 Å². The Morgan fingerprint density at radius 3 is 2.21 bits per heavy atom. The Hall–Kier alpha value is -2.97. The normalized spacial score (nSPS) is 15.9. The average molecular weight is 407 g/mol. The van der Waals surface area contributed by atoms with Crippen LogP contribution in [0, 0.1) is 0 Å². The van der Waals surface area contributed by atoms with Gasteiger partial charge in [0, 0.05) is 19.6 Å². The number of carbonyl (C=O) groups excluding carboxylic acids is 2. The summed E-state index contributed by atoms with van der Waals surface area (Å²) in [7, 11) is 1.58. The molecular formula is C20H29N3O6. The molecule has 1 heterocycles. The Morgan fingerprint density at radius 2 is 1.72 bits per heavy atom. The first kappa shape index (κ1) is 22.3. The molecule has 9 nitrogen and oxygen atoms in total. The van der Waals surface area contributed by atoms with Crippen LogP contribution in [0.15, 0.2) is 24.3 Å². The number of alkyl carbamates (subject to hydrolysis) is 1. The second kappa shape index (κ2) is 9.02. The maximum absolute atomic E-state index is 13.0. The van der Waals surface area contributed by atoms with Crippen LogP contribution in [0.3, 0.4) is 0 Å². The second-order valence-electron chi connectivity index (χ2n) is 8.01. The zero-order valence-corrected chi connectivity index (χ0v) is 17.3. The molecule has 29 heavy (non-hydrogen) atoms. The van der Waals surface area contributed by atoms with Gasteiger partial charge in [0.1, 0.15) is 16.9 Å². The van der Waals surface area contributed by atoms with Crippen LogP contribution in [0.25, 0.3) is 0 Å². The third kappa shape index (κ3) is 6.27. The fourth-order valence-corrected chi connectivity index (χ4v) is 3.08. The number of carbonyl (C=O) groups is 3. The van der Waals surface area contributed by atoms with E-state index in [1.165, 1.54) is 4.90 Å². The molecule has 0 atom stereocenters. The molecule has 1 aliphatic heterocycles. The highest BCUT2D eigenvalue weighted by atomic mass is 16.6. The molecular weight excluding hydrogens is 378 g/mol. The molecule has 0 radical (unpaired) electrons. The van der Waals surface area contributed by atoms with Gasteiger partial charge in [0.05, 0.1) is 7.11 Å². The molecule has 0 saturated carbocycles. The standard InChI is InChI=1S/C20H29N3O6/c1-19(2,3)29-17(25)22-20(9-11-23(12-10-20)18(26)27)16(24)21-13-14-5-7-15(28-4)8-6-14/h5-8H,9-13H2,1-4H3,(H,21,24)(H,22,25)(H,26,27). The maximum atomic E-state index is 13.0. The van der Waals surface area contributed by atoms with E-state index in [2.05, 4.69) is 10.6 Å². The minimum absolute atomic E-state index is 0.140. The van der Waals surface area contributed by atoms with Gasteiger partial charge in [-0.25, -0.2) is 9.59 Å². The van der Waals surface area contributed by atoms with E-state index in [4.69, 9.17) is 9.47 Å². The Labute approximate surface area is 170 Å². The number of benzene rings is 1. The molecule has 1 aliphatic rings. The van der Waals surface area contributed by atoms with Crippen LogP contribution in [0.1, 0.15) is 39.2 Å². The van der Waals surface area contributed by atoms with Crippen molar-refractivity contribution in [2.24, 2.45) is 0 Å². The van der Waals surface area contributed by atoms with Crippen molar-refractivity contribution in [1.82, 2.24) is 15.5 Å². The Bertz CT molecular complexity index is 734. The van der Waals surface area contributed by atoms with Crippen LogP contribution >= 0.6 is 0 Å². The van der Waals surface area contributed by atoms with Crippen molar-refractivity contribution in [2.45, 2.75) is 51.3 Å². The first-order valence-corrected chi connectivity index (χ1v) is 9.45. The molecule has 0 aromatic heterocycles. The summed E-state index contributed by atoms with van der Waals surface area (Å²) in [5, 5.41) is 14.7. The molecule has 3 amide bonds. The van der Waals surface area contributed by atoms with Crippen molar-refractivity contribution in [3.8, 4) is 5.75 Å². The van der Waals surface area contributed by atoms with E-state index >= 15 is 0 Å². The quantitative estimate of drug-likeness (QED) is 0.690. The average Bonchev–Trinajstić information content (AvgIpc) is 2.65. The number of likely N-dealkylation sites (tertiary alicyclic amines) is 1. The van der Waals surface area contributed by atoms with Gasteiger partial charge in [-0.2, -0.15) is 0 Å². The summed E-state index contributed by atoms with van der Waals surface area (Å²) in [6, 6.07) is 7.25. The summed E-state index contributed by atoms with van der Waals surface area (Å²) in [5.74, 6) is 0.341. The number of nitrogens with zero attached hydrogens (tertiary/aromatic N) is 1. The Kier molecular flexibility index (Phi) is 6.94. The fraction of sp³-hybridized carbons (Fsp3) is 0.550. The number of rotatable bonds is 5. The highest BCUT2D eigenvalue weighted by Gasteiger charge is 2.44. The lowest BCUT2D eigenvalue weighted by molar-refractivity contribution is -0.129. The lowest BCUT2D eigenvalue weighted by Crippen LogP contribution is -2.64. The predicted octanol–water partition coefficient (Wildman–Crippen LogP) is 2.35. The molecule has 0 aliphatic carbocycles. The molecule has 1 aromatic rings. The van der Waals surface area contributed by atoms with Gasteiger partial charge >= 0.3 is 12.2 Å². The molecule has 0 unspecified atom stereocenters. The molecule has 1 aromatic carbocycles. The Balaban J connectivity index is 2.09. The summed E-state index contributed by atoms with van der Waals surface area (Å²) in [6.07, 6.45) is -1.43. The van der Waals surface area contributed by atoms with Crippen LogP contribution in [0.2, 0.25) is 0 Å². The molecule has 2 rings (SSSR count). The summed E-state index contributed by atoms with van der Waals surface area (Å²) in [5.41, 5.74) is -1.08. The van der Waals surface area contributed by atoms with Crippen LogP contribution in [-0.4, -0.2) is 59.4 Å². The molecule has 9 heteroatoms. The van der Waals surface area contributed by atoms with Gasteiger partial charge in [-0.1, -0.05) is 12.1 Å². The molecule has 3 N–H and O–H groups in total. The highest BCUT2D eigenvalue weighted by Crippen LogP contribution is 2.24. The lowest BCUT2D eigenvalue weighted by atomic mass is 9.86. The predicted molar refractivity (Wildman–Crippen MR) is 106 cm³/mol. The van der Waals surface area contributed by atoms with E-state index in [1.807, 2.05) is 12.1 Å². The van der Waals surface area contributed by atoms with Gasteiger partial charge in [-0.3, -0.25) is 4.79 Å². The highest BCUT2D eigenvalue weighted by molar-refractivity contribution is 5.90. The van der Waals surface area contributed by atoms with E-state index in [-0.39, 0.29) is 38.4 Å². The minimum atomic E-state index is -1.24. The van der Waals surface area contributed by atoms with Crippen molar-refractivity contribution >= 4 is 18.1 Å². The van der Waals surface area contributed by atoms with E-state index in [1.54, 1.807) is 40.0 Å². The van der Waals surface area contributed by atoms with Crippen LogP contribution < -0.4 is 15.4 Å². The number of hydrogen-bond donors (Lipinski definition) is 3. The molecule has 1 fully saturated rings. The van der Waals surface area contributed by atoms with E-state index in [0.29, 0.717) is 5.75 Å². The number of piperidine rings is 1. The molecule has 160 valence electrons. The SMILES string of the molecule is COc1ccc(CNC(=O)C2(NC(=O)OC(C)(C)C)CCN(C(=O)O)CC2)cc1. The van der Waals surface area contributed by atoms with Crippen molar-refractivity contribution in [3.63, 3.8) is 0 Å². The first-order valence-electron chi connectivity index (χ1n) is 9.45. The van der Waals surface area contributed by atoms with Gasteiger partial charge in [-0.05, 0) is 51.3 Å². The topological polar surface area (TPSA) is 117 Å². The van der Waals surface area contributed by atoms with Crippen molar-refractivity contribution in [2.75, 3.05) is 20.2 Å². The summed E-state index contributed by atoms with van der Waals surface area (Å²) >= 11 is 0. The van der Waals surface area contributed by atoms with Crippen LogP contribution in [-0.2, 0) is 16.1 Å². The molecule has 0 spiro atoms. The minimum Gasteiger partial charge on any atom is -0.497 e. The Morgan fingerprint density at radius 1 is 1.14 bits per heavy atom. The molecule has 1 saturated heterocycles. The summed E-state index contributed by atoms with van der Waals surface area (Å²) in [6.45, 7) is 5.74. The van der Waals surface area contributed by atoms with Crippen LogP contribution in [0.5, 0.6) is 5.75 Å². The summed E-state index contributed by atoms with van der Waals surface area (Å²) in [4.78, 5) is 37.8. The van der Waals surface area contributed by atoms with Gasteiger partial charge in [0.15, 0.2) is 0 Å². The van der Waals surface area contributed by atoms with Gasteiger partial charge in [-0.15, -0.1) is 0 Å². The first-order chi connectivity index (χ1) is 13.5. The zero-order chi connectivity index (χ0) is 21.7. The maximum Gasteiger partial charge on any atom is 0.408 e. The monoisotopic (exact) mass is 407 g/mol. The third-order valence-corrected chi connectivity index (χ3v) is 4.67. The zero-order valence-electron chi connectivity index (χ0n) is 17.3. The number of carboxylic acid groups (broad SMARTS) is 1. The third-order valence-electron chi connectivity index (χ3n) is 4.67.